The number of hydrogen-bond acceptors (Lipinski definition) is 1. The molecule has 0 unspecified atom stereocenters. The van der Waals surface area contributed by atoms with Gasteiger partial charge in [-0.05, 0) is 17.5 Å². The zero-order valence-corrected chi connectivity index (χ0v) is 11.3. The van der Waals surface area contributed by atoms with Crippen LogP contribution in [0.5, 0.6) is 0 Å². The van der Waals surface area contributed by atoms with Crippen LogP contribution in [0.25, 0.3) is 0 Å². The Kier molecular flexibility index (Phi) is 4.99. The van der Waals surface area contributed by atoms with Gasteiger partial charge in [-0.25, -0.2) is 0 Å². The molecule has 98 valence electrons. The Morgan fingerprint density at radius 3 is 2.16 bits per heavy atom. The average Bonchev–Trinajstić information content (AvgIpc) is 2.48. The van der Waals surface area contributed by atoms with Gasteiger partial charge in [0.2, 0.25) is 5.91 Å². The molecule has 2 aromatic carbocycles. The summed E-state index contributed by atoms with van der Waals surface area (Å²) in [5.74, 6) is -0.163. The van der Waals surface area contributed by atoms with Gasteiger partial charge in [0.15, 0.2) is 0 Å². The van der Waals surface area contributed by atoms with Crippen LogP contribution >= 0.6 is 11.6 Å². The predicted octanol–water partition coefficient (Wildman–Crippen LogP) is 3.33. The molecule has 1 atom stereocenters. The van der Waals surface area contributed by atoms with Gasteiger partial charge in [0.1, 0.15) is 5.88 Å². The zero-order chi connectivity index (χ0) is 13.5. The van der Waals surface area contributed by atoms with Crippen molar-refractivity contribution in [1.29, 1.82) is 0 Å². The van der Waals surface area contributed by atoms with Gasteiger partial charge in [-0.3, -0.25) is 4.79 Å². The van der Waals surface area contributed by atoms with Crippen molar-refractivity contribution in [2.75, 3.05) is 5.88 Å². The highest BCUT2D eigenvalue weighted by Crippen LogP contribution is 2.18. The van der Waals surface area contributed by atoms with E-state index in [0.29, 0.717) is 0 Å². The van der Waals surface area contributed by atoms with Crippen molar-refractivity contribution in [3.05, 3.63) is 71.8 Å². The summed E-state index contributed by atoms with van der Waals surface area (Å²) in [6.45, 7) is 0. The summed E-state index contributed by atoms with van der Waals surface area (Å²) >= 11 is 5.57. The molecule has 0 spiro atoms. The summed E-state index contributed by atoms with van der Waals surface area (Å²) in [6.07, 6.45) is 0.757. The highest BCUT2D eigenvalue weighted by atomic mass is 35.5. The third kappa shape index (κ3) is 4.11. The van der Waals surface area contributed by atoms with Crippen LogP contribution in [0.3, 0.4) is 0 Å². The molecule has 0 saturated heterocycles. The third-order valence-corrected chi connectivity index (χ3v) is 3.18. The van der Waals surface area contributed by atoms with Crippen LogP contribution in [0.1, 0.15) is 17.2 Å². The Bertz CT molecular complexity index is 513. The molecular formula is C16H16ClNO. The van der Waals surface area contributed by atoms with Crippen LogP contribution in [-0.4, -0.2) is 11.8 Å². The Labute approximate surface area is 118 Å². The first-order chi connectivity index (χ1) is 9.29. The molecule has 2 aromatic rings. The van der Waals surface area contributed by atoms with E-state index in [1.807, 2.05) is 48.5 Å². The van der Waals surface area contributed by atoms with Gasteiger partial charge < -0.3 is 5.32 Å². The minimum Gasteiger partial charge on any atom is -0.348 e. The lowest BCUT2D eigenvalue weighted by molar-refractivity contribution is -0.119. The number of benzene rings is 2. The third-order valence-electron chi connectivity index (χ3n) is 2.94. The van der Waals surface area contributed by atoms with E-state index in [4.69, 9.17) is 11.6 Å². The van der Waals surface area contributed by atoms with Crippen LogP contribution in [0.4, 0.5) is 0 Å². The molecule has 0 fully saturated rings. The lowest BCUT2D eigenvalue weighted by atomic mass is 9.99. The van der Waals surface area contributed by atoms with E-state index in [1.54, 1.807) is 0 Å². The first-order valence-electron chi connectivity index (χ1n) is 6.24. The SMILES string of the molecule is O=C(CCl)N[C@@H](Cc1ccccc1)c1ccccc1. The fourth-order valence-corrected chi connectivity index (χ4v) is 2.10. The van der Waals surface area contributed by atoms with Crippen LogP contribution in [0, 0.1) is 0 Å². The molecule has 0 saturated carbocycles. The summed E-state index contributed by atoms with van der Waals surface area (Å²) in [5.41, 5.74) is 2.27. The van der Waals surface area contributed by atoms with Gasteiger partial charge in [-0.2, -0.15) is 0 Å². The Morgan fingerprint density at radius 2 is 1.58 bits per heavy atom. The second-order valence-electron chi connectivity index (χ2n) is 4.35. The van der Waals surface area contributed by atoms with Gasteiger partial charge in [0.05, 0.1) is 6.04 Å². The van der Waals surface area contributed by atoms with Gasteiger partial charge in [-0.1, -0.05) is 60.7 Å². The maximum atomic E-state index is 11.5. The topological polar surface area (TPSA) is 29.1 Å². The fourth-order valence-electron chi connectivity index (χ4n) is 2.02. The number of amides is 1. The van der Waals surface area contributed by atoms with E-state index >= 15 is 0 Å². The van der Waals surface area contributed by atoms with Crippen molar-refractivity contribution < 1.29 is 4.79 Å². The van der Waals surface area contributed by atoms with Gasteiger partial charge >= 0.3 is 0 Å². The minimum atomic E-state index is -0.147. The second kappa shape index (κ2) is 6.95. The number of halogens is 1. The number of alkyl halides is 1. The van der Waals surface area contributed by atoms with Crippen molar-refractivity contribution in [3.8, 4) is 0 Å². The monoisotopic (exact) mass is 273 g/mol. The molecule has 0 bridgehead atoms. The van der Waals surface area contributed by atoms with E-state index in [9.17, 15) is 4.79 Å². The Balaban J connectivity index is 2.17. The van der Waals surface area contributed by atoms with Crippen molar-refractivity contribution in [2.24, 2.45) is 0 Å². The van der Waals surface area contributed by atoms with E-state index in [0.717, 1.165) is 12.0 Å². The molecule has 0 aliphatic rings. The van der Waals surface area contributed by atoms with Crippen molar-refractivity contribution in [3.63, 3.8) is 0 Å². The zero-order valence-electron chi connectivity index (χ0n) is 10.6. The molecule has 19 heavy (non-hydrogen) atoms. The summed E-state index contributed by atoms with van der Waals surface area (Å²) in [4.78, 5) is 11.5. The molecule has 2 nitrogen and oxygen atoms in total. The Hall–Kier alpha value is -1.80. The average molecular weight is 274 g/mol. The van der Waals surface area contributed by atoms with Crippen molar-refractivity contribution in [1.82, 2.24) is 5.32 Å². The standard InChI is InChI=1S/C16H16ClNO/c17-12-16(19)18-15(14-9-5-2-6-10-14)11-13-7-3-1-4-8-13/h1-10,15H,11-12H2,(H,18,19)/t15-/m0/s1. The molecule has 1 amide bonds. The number of nitrogens with one attached hydrogen (secondary N) is 1. The quantitative estimate of drug-likeness (QED) is 0.832. The van der Waals surface area contributed by atoms with Crippen LogP contribution in [0.2, 0.25) is 0 Å². The summed E-state index contributed by atoms with van der Waals surface area (Å²) in [7, 11) is 0. The normalized spacial score (nSPS) is 11.8. The number of carbonyl (C=O) groups is 1. The maximum Gasteiger partial charge on any atom is 0.235 e. The number of carbonyl (C=O) groups excluding carboxylic acids is 1. The molecule has 0 aliphatic carbocycles. The largest absolute Gasteiger partial charge is 0.348 e. The van der Waals surface area contributed by atoms with E-state index < -0.39 is 0 Å². The lowest BCUT2D eigenvalue weighted by Crippen LogP contribution is -2.30. The van der Waals surface area contributed by atoms with Crippen LogP contribution < -0.4 is 5.32 Å². The smallest absolute Gasteiger partial charge is 0.235 e. The molecular weight excluding hydrogens is 258 g/mol. The van der Waals surface area contributed by atoms with E-state index in [-0.39, 0.29) is 17.8 Å². The highest BCUT2D eigenvalue weighted by Gasteiger charge is 2.14. The van der Waals surface area contributed by atoms with E-state index in [2.05, 4.69) is 17.4 Å². The lowest BCUT2D eigenvalue weighted by Gasteiger charge is -2.19. The van der Waals surface area contributed by atoms with Crippen molar-refractivity contribution in [2.45, 2.75) is 12.5 Å². The molecule has 0 aromatic heterocycles. The minimum absolute atomic E-state index is 0.0158. The molecule has 0 aliphatic heterocycles. The fraction of sp³-hybridized carbons (Fsp3) is 0.188. The summed E-state index contributed by atoms with van der Waals surface area (Å²) in [6, 6.07) is 20.0. The molecule has 0 heterocycles. The number of rotatable bonds is 5. The maximum absolute atomic E-state index is 11.5. The molecule has 2 rings (SSSR count). The van der Waals surface area contributed by atoms with Crippen molar-refractivity contribution >= 4 is 17.5 Å². The first kappa shape index (κ1) is 13.6. The summed E-state index contributed by atoms with van der Waals surface area (Å²) < 4.78 is 0. The predicted molar refractivity (Wildman–Crippen MR) is 78.2 cm³/mol. The Morgan fingerprint density at radius 1 is 1.00 bits per heavy atom. The molecule has 1 N–H and O–H groups in total. The second-order valence-corrected chi connectivity index (χ2v) is 4.62. The van der Waals surface area contributed by atoms with Crippen LogP contribution in [0.15, 0.2) is 60.7 Å². The molecule has 0 radical (unpaired) electrons. The van der Waals surface area contributed by atoms with Gasteiger partial charge in [-0.15, -0.1) is 11.6 Å². The molecule has 3 heteroatoms. The number of hydrogen-bond donors (Lipinski definition) is 1. The van der Waals surface area contributed by atoms with Gasteiger partial charge in [0.25, 0.3) is 0 Å². The van der Waals surface area contributed by atoms with E-state index in [1.165, 1.54) is 5.56 Å². The van der Waals surface area contributed by atoms with Crippen LogP contribution in [-0.2, 0) is 11.2 Å². The highest BCUT2D eigenvalue weighted by molar-refractivity contribution is 6.27. The first-order valence-corrected chi connectivity index (χ1v) is 6.77. The van der Waals surface area contributed by atoms with Gasteiger partial charge in [0, 0.05) is 0 Å². The summed E-state index contributed by atoms with van der Waals surface area (Å²) in [5, 5.41) is 2.96.